The Morgan fingerprint density at radius 2 is 1.74 bits per heavy atom. The zero-order chi connectivity index (χ0) is 27.1. The second kappa shape index (κ2) is 12.6. The second-order valence-electron chi connectivity index (χ2n) is 10.1. The van der Waals surface area contributed by atoms with Crippen LogP contribution < -0.4 is 4.74 Å². The fraction of sp³-hybridized carbons (Fsp3) is 0.290. The Morgan fingerprint density at radius 1 is 1.03 bits per heavy atom. The summed E-state index contributed by atoms with van der Waals surface area (Å²) >= 11 is -0.448. The molecule has 0 spiro atoms. The van der Waals surface area contributed by atoms with Gasteiger partial charge in [-0.2, -0.15) is 0 Å². The molecule has 0 aliphatic rings. The van der Waals surface area contributed by atoms with Gasteiger partial charge in [-0.05, 0) is 0 Å². The number of pyridine rings is 1. The molecule has 0 amide bonds. The number of aliphatic hydroxyl groups excluding tert-OH is 1. The van der Waals surface area contributed by atoms with Crippen LogP contribution in [0, 0.1) is 0 Å². The Bertz CT molecular complexity index is 1370. The number of aromatic nitrogens is 1. The molecule has 0 bridgehead atoms. The number of ether oxygens (including phenoxy) is 2. The van der Waals surface area contributed by atoms with Crippen molar-refractivity contribution in [3.63, 3.8) is 0 Å². The van der Waals surface area contributed by atoms with Gasteiger partial charge in [-0.3, -0.25) is 0 Å². The molecule has 0 saturated heterocycles. The third kappa shape index (κ3) is 7.67. The Labute approximate surface area is 230 Å². The summed E-state index contributed by atoms with van der Waals surface area (Å²) in [6.45, 7) is 6.74. The summed E-state index contributed by atoms with van der Waals surface area (Å²) in [4.78, 5) is 15.7. The van der Waals surface area contributed by atoms with Gasteiger partial charge in [-0.15, -0.1) is 0 Å². The molecule has 38 heavy (non-hydrogen) atoms. The summed E-state index contributed by atoms with van der Waals surface area (Å²) in [7, 11) is 0. The molecule has 0 fully saturated rings. The number of carboxylic acid groups (broad SMARTS) is 1. The van der Waals surface area contributed by atoms with Gasteiger partial charge in [0.2, 0.25) is 0 Å². The van der Waals surface area contributed by atoms with Gasteiger partial charge in [0.25, 0.3) is 0 Å². The van der Waals surface area contributed by atoms with Crippen molar-refractivity contribution in [2.24, 2.45) is 0 Å². The van der Waals surface area contributed by atoms with Crippen LogP contribution >= 0.6 is 0 Å². The summed E-state index contributed by atoms with van der Waals surface area (Å²) < 4.78 is 12.2. The number of fused-ring (bicyclic) bond motifs is 1. The van der Waals surface area contributed by atoms with Gasteiger partial charge in [0.15, 0.2) is 0 Å². The van der Waals surface area contributed by atoms with Crippen LogP contribution in [-0.4, -0.2) is 49.6 Å². The molecule has 4 aromatic rings. The minimum atomic E-state index is -0.977. The van der Waals surface area contributed by atoms with Crippen molar-refractivity contribution in [2.75, 3.05) is 6.61 Å². The Kier molecular flexibility index (Phi) is 9.21. The van der Waals surface area contributed by atoms with Gasteiger partial charge >= 0.3 is 221 Å². The van der Waals surface area contributed by atoms with E-state index in [0.29, 0.717) is 11.5 Å². The van der Waals surface area contributed by atoms with Gasteiger partial charge in [-0.1, -0.05) is 0 Å². The predicted octanol–water partition coefficient (Wildman–Crippen LogP) is 6.46. The van der Waals surface area contributed by atoms with Crippen LogP contribution in [0.15, 0.2) is 85.1 Å². The number of hydrogen-bond acceptors (Lipinski definition) is 5. The predicted molar refractivity (Wildman–Crippen MR) is 152 cm³/mol. The molecule has 2 N–H and O–H groups in total. The standard InChI is InChI=1S/C31H34AsNO5/c1-21(27-9-5-7-11-29(27)38-26-14-12-23(13-15-26)30(35)36)37-20-25(34)18-32-31(2,3)17-22-16-24-8-4-6-10-28(24)33-19-22/h4-16,19,21,25,32,34H,17-18,20H2,1-3H3,(H,35,36)/t21?,25-/m0/s1. The van der Waals surface area contributed by atoms with E-state index in [4.69, 9.17) is 14.6 Å². The molecule has 198 valence electrons. The molecule has 6 nitrogen and oxygen atoms in total. The van der Waals surface area contributed by atoms with E-state index in [2.05, 4.69) is 31.0 Å². The van der Waals surface area contributed by atoms with Crippen LogP contribution in [0.25, 0.3) is 10.9 Å². The molecule has 7 heteroatoms. The average Bonchev–Trinajstić information content (AvgIpc) is 2.91. The molecule has 0 aliphatic carbocycles. The fourth-order valence-corrected chi connectivity index (χ4v) is 6.88. The van der Waals surface area contributed by atoms with E-state index < -0.39 is 27.8 Å². The molecular weight excluding hydrogens is 541 g/mol. The van der Waals surface area contributed by atoms with Gasteiger partial charge in [-0.25, -0.2) is 4.79 Å². The number of nitrogens with zero attached hydrogens (tertiary/aromatic N) is 1. The number of benzene rings is 3. The number of carbonyl (C=O) groups is 1. The zero-order valence-electron chi connectivity index (χ0n) is 21.9. The van der Waals surface area contributed by atoms with Gasteiger partial charge < -0.3 is 5.11 Å². The van der Waals surface area contributed by atoms with Crippen LogP contribution in [0.5, 0.6) is 11.5 Å². The topological polar surface area (TPSA) is 88.9 Å². The van der Waals surface area contributed by atoms with Crippen molar-refractivity contribution in [3.05, 3.63) is 102 Å². The number of aromatic carboxylic acids is 1. The van der Waals surface area contributed by atoms with Crippen molar-refractivity contribution in [1.29, 1.82) is 0 Å². The molecule has 2 unspecified atom stereocenters. The summed E-state index contributed by atoms with van der Waals surface area (Å²) in [5.41, 5.74) is 3.31. The van der Waals surface area contributed by atoms with Crippen LogP contribution in [-0.2, 0) is 11.2 Å². The van der Waals surface area contributed by atoms with Gasteiger partial charge in [0.05, 0.1) is 0 Å². The first-order valence-corrected chi connectivity index (χ1v) is 15.2. The molecule has 0 saturated carbocycles. The third-order valence-electron chi connectivity index (χ3n) is 6.33. The normalized spacial score (nSPS) is 13.6. The molecule has 0 aliphatic heterocycles. The molecule has 0 radical (unpaired) electrons. The first kappa shape index (κ1) is 27.8. The van der Waals surface area contributed by atoms with Gasteiger partial charge in [0.1, 0.15) is 0 Å². The summed E-state index contributed by atoms with van der Waals surface area (Å²) in [6.07, 6.45) is 2.10. The number of para-hydroxylation sites is 2. The number of rotatable bonds is 12. The third-order valence-corrected chi connectivity index (χ3v) is 10.1. The molecule has 4 rings (SSSR count). The van der Waals surface area contributed by atoms with Crippen LogP contribution in [0.4, 0.5) is 0 Å². The molecule has 3 aromatic carbocycles. The van der Waals surface area contributed by atoms with Gasteiger partial charge in [0, 0.05) is 0 Å². The maximum absolute atomic E-state index is 11.1. The average molecular weight is 576 g/mol. The minimum absolute atomic E-state index is 0.132. The first-order valence-electron chi connectivity index (χ1n) is 12.7. The first-order chi connectivity index (χ1) is 18.2. The van der Waals surface area contributed by atoms with Crippen molar-refractivity contribution in [2.45, 2.75) is 48.8 Å². The van der Waals surface area contributed by atoms with E-state index in [1.807, 2.05) is 55.6 Å². The van der Waals surface area contributed by atoms with E-state index in [1.165, 1.54) is 17.7 Å². The summed E-state index contributed by atoms with van der Waals surface area (Å²) in [5.74, 6) is 0.203. The number of hydrogen-bond donors (Lipinski definition) is 2. The molecular formula is C31H34AsNO5. The van der Waals surface area contributed by atoms with E-state index in [9.17, 15) is 9.90 Å². The van der Waals surface area contributed by atoms with Crippen LogP contribution in [0.1, 0.15) is 48.4 Å². The van der Waals surface area contributed by atoms with E-state index in [1.54, 1.807) is 12.1 Å². The van der Waals surface area contributed by atoms with E-state index in [0.717, 1.165) is 28.1 Å². The summed E-state index contributed by atoms with van der Waals surface area (Å²) in [6, 6.07) is 24.3. The van der Waals surface area contributed by atoms with E-state index >= 15 is 0 Å². The molecule has 1 heterocycles. The second-order valence-corrected chi connectivity index (χ2v) is 14.5. The summed E-state index contributed by atoms with van der Waals surface area (Å²) in [5, 5.41) is 21.7. The van der Waals surface area contributed by atoms with Crippen LogP contribution in [0.3, 0.4) is 0 Å². The van der Waals surface area contributed by atoms with Crippen molar-refractivity contribution < 1.29 is 24.5 Å². The Hall–Kier alpha value is -3.18. The maximum atomic E-state index is 11.1. The van der Waals surface area contributed by atoms with Crippen molar-refractivity contribution in [1.82, 2.24) is 4.98 Å². The van der Waals surface area contributed by atoms with Crippen molar-refractivity contribution in [3.8, 4) is 11.5 Å². The SMILES string of the molecule is CC(OC[C@@H](O)C[AsH]C(C)(C)Cc1cnc2ccccc2c1)c1ccccc1Oc1ccc(C(=O)O)cc1. The van der Waals surface area contributed by atoms with Crippen LogP contribution in [0.2, 0.25) is 9.41 Å². The molecule has 3 atom stereocenters. The van der Waals surface area contributed by atoms with E-state index in [-0.39, 0.29) is 22.5 Å². The Morgan fingerprint density at radius 3 is 2.50 bits per heavy atom. The molecule has 1 aromatic heterocycles. The number of aliphatic hydroxyl groups is 1. The Balaban J connectivity index is 1.29. The fourth-order valence-electron chi connectivity index (χ4n) is 4.29. The monoisotopic (exact) mass is 575 g/mol. The zero-order valence-corrected chi connectivity index (χ0v) is 24.0. The van der Waals surface area contributed by atoms with Crippen molar-refractivity contribution >= 4 is 32.6 Å². The quantitative estimate of drug-likeness (QED) is 0.189. The number of carboxylic acids is 1.